The van der Waals surface area contributed by atoms with Crippen LogP contribution in [0.1, 0.15) is 35.2 Å². The summed E-state index contributed by atoms with van der Waals surface area (Å²) >= 11 is 0. The van der Waals surface area contributed by atoms with Crippen LogP contribution in [0.15, 0.2) is 24.3 Å². The summed E-state index contributed by atoms with van der Waals surface area (Å²) in [5, 5.41) is 2.60. The number of nitrogens with zero attached hydrogens (tertiary/aromatic N) is 1. The first-order chi connectivity index (χ1) is 11.4. The van der Waals surface area contributed by atoms with Crippen LogP contribution in [-0.2, 0) is 4.79 Å². The normalized spacial score (nSPS) is 23.2. The fourth-order valence-electron chi connectivity index (χ4n) is 3.43. The zero-order valence-corrected chi connectivity index (χ0v) is 15.0. The number of Topliss-reactive ketones (excluding diaryl/α,β-unsaturated/α-hetero) is 1. The van der Waals surface area contributed by atoms with Gasteiger partial charge in [0.2, 0.25) is 5.91 Å². The number of benzene rings is 1. The molecule has 138 valence electrons. The van der Waals surface area contributed by atoms with Crippen LogP contribution in [0.25, 0.3) is 0 Å². The third kappa shape index (κ3) is 4.55. The molecule has 2 aliphatic heterocycles. The molecule has 3 rings (SSSR count). The Morgan fingerprint density at radius 2 is 1.76 bits per heavy atom. The van der Waals surface area contributed by atoms with Crippen molar-refractivity contribution < 1.29 is 18.4 Å². The largest absolute Gasteiger partial charge is 0.341 e. The second kappa shape index (κ2) is 7.79. The maximum absolute atomic E-state index is 13.2. The Labute approximate surface area is 152 Å². The van der Waals surface area contributed by atoms with Crippen molar-refractivity contribution in [2.75, 3.05) is 19.6 Å². The van der Waals surface area contributed by atoms with Crippen LogP contribution in [0.5, 0.6) is 0 Å². The molecule has 0 spiro atoms. The molecule has 2 heterocycles. The number of rotatable bonds is 3. The Bertz CT molecular complexity index is 628. The third-order valence-corrected chi connectivity index (χ3v) is 4.92. The molecule has 1 unspecified atom stereocenters. The van der Waals surface area contributed by atoms with E-state index < -0.39 is 24.9 Å². The number of carbonyl (C=O) groups is 2. The minimum atomic E-state index is -2.81. The number of ketones is 1. The van der Waals surface area contributed by atoms with E-state index in [9.17, 15) is 18.4 Å². The van der Waals surface area contributed by atoms with E-state index in [0.717, 1.165) is 5.56 Å². The van der Waals surface area contributed by atoms with Gasteiger partial charge < -0.3 is 4.90 Å². The van der Waals surface area contributed by atoms with Gasteiger partial charge in [-0.3, -0.25) is 14.9 Å². The van der Waals surface area contributed by atoms with Gasteiger partial charge in [0.15, 0.2) is 5.78 Å². The topological polar surface area (TPSA) is 49.4 Å². The molecule has 0 saturated carbocycles. The number of hydrogen-bond acceptors (Lipinski definition) is 3. The fourth-order valence-corrected chi connectivity index (χ4v) is 3.43. The van der Waals surface area contributed by atoms with Crippen LogP contribution in [0.4, 0.5) is 8.78 Å². The molecule has 0 aromatic heterocycles. The summed E-state index contributed by atoms with van der Waals surface area (Å²) in [5.74, 6) is -3.07. The van der Waals surface area contributed by atoms with Crippen molar-refractivity contribution in [1.82, 2.24) is 10.2 Å². The van der Waals surface area contributed by atoms with Crippen LogP contribution in [0.2, 0.25) is 0 Å². The van der Waals surface area contributed by atoms with Gasteiger partial charge in [-0.1, -0.05) is 29.8 Å². The maximum atomic E-state index is 13.2. The van der Waals surface area contributed by atoms with E-state index in [4.69, 9.17) is 0 Å². The number of halogens is 3. The van der Waals surface area contributed by atoms with Crippen LogP contribution >= 0.6 is 12.4 Å². The highest BCUT2D eigenvalue weighted by Crippen LogP contribution is 2.28. The van der Waals surface area contributed by atoms with Crippen molar-refractivity contribution in [2.24, 2.45) is 5.92 Å². The van der Waals surface area contributed by atoms with Gasteiger partial charge in [0, 0.05) is 31.0 Å². The predicted molar refractivity (Wildman–Crippen MR) is 93.4 cm³/mol. The van der Waals surface area contributed by atoms with Gasteiger partial charge in [-0.05, 0) is 19.8 Å². The average Bonchev–Trinajstić information content (AvgIpc) is 2.94. The van der Waals surface area contributed by atoms with Crippen LogP contribution in [-0.4, -0.2) is 48.2 Å². The van der Waals surface area contributed by atoms with Gasteiger partial charge in [-0.25, -0.2) is 8.78 Å². The lowest BCUT2D eigenvalue weighted by Gasteiger charge is -2.33. The molecule has 2 fully saturated rings. The smallest absolute Gasteiger partial charge is 0.262 e. The Morgan fingerprint density at radius 3 is 2.28 bits per heavy atom. The van der Waals surface area contributed by atoms with Gasteiger partial charge >= 0.3 is 0 Å². The fraction of sp³-hybridized carbons (Fsp3) is 0.556. The van der Waals surface area contributed by atoms with Gasteiger partial charge in [0.1, 0.15) is 0 Å². The maximum Gasteiger partial charge on any atom is 0.262 e. The second-order valence-corrected chi connectivity index (χ2v) is 6.82. The zero-order valence-electron chi connectivity index (χ0n) is 14.1. The molecule has 0 radical (unpaired) electrons. The van der Waals surface area contributed by atoms with Gasteiger partial charge in [0.05, 0.1) is 12.6 Å². The number of alkyl halides is 2. The Balaban J connectivity index is 0.00000225. The highest BCUT2D eigenvalue weighted by molar-refractivity contribution is 5.98. The molecule has 0 bridgehead atoms. The summed E-state index contributed by atoms with van der Waals surface area (Å²) in [6.07, 6.45) is 0.733. The molecule has 1 N–H and O–H groups in total. The van der Waals surface area contributed by atoms with Crippen molar-refractivity contribution in [3.05, 3.63) is 35.4 Å². The average molecular weight is 373 g/mol. The molecular formula is C18H23ClF2N2O2. The van der Waals surface area contributed by atoms with E-state index in [0.29, 0.717) is 31.5 Å². The molecule has 2 saturated heterocycles. The van der Waals surface area contributed by atoms with E-state index in [1.54, 1.807) is 4.90 Å². The lowest BCUT2D eigenvalue weighted by Crippen LogP contribution is -2.47. The standard InChI is InChI=1S/C18H22F2N2O2.ClH/c1-12-2-4-13(5-3-12)16(23)14-6-8-22(9-7-14)17(24)15-10-18(19,20)11-21-15;/h2-5,14-15,21H,6-11H2,1H3;1H. The number of carbonyl (C=O) groups excluding carboxylic acids is 2. The van der Waals surface area contributed by atoms with E-state index in [-0.39, 0.29) is 30.0 Å². The molecule has 7 heteroatoms. The van der Waals surface area contributed by atoms with Crippen molar-refractivity contribution in [2.45, 2.75) is 38.2 Å². The number of amides is 1. The molecule has 4 nitrogen and oxygen atoms in total. The van der Waals surface area contributed by atoms with Gasteiger partial charge in [-0.2, -0.15) is 0 Å². The summed E-state index contributed by atoms with van der Waals surface area (Å²) in [6.45, 7) is 2.43. The van der Waals surface area contributed by atoms with Crippen LogP contribution < -0.4 is 5.32 Å². The zero-order chi connectivity index (χ0) is 17.3. The molecule has 1 amide bonds. The highest BCUT2D eigenvalue weighted by atomic mass is 35.5. The number of nitrogens with one attached hydrogen (secondary N) is 1. The van der Waals surface area contributed by atoms with Crippen molar-refractivity contribution in [1.29, 1.82) is 0 Å². The Hall–Kier alpha value is -1.53. The van der Waals surface area contributed by atoms with Crippen LogP contribution in [0, 0.1) is 12.8 Å². The lowest BCUT2D eigenvalue weighted by molar-refractivity contribution is -0.135. The number of hydrogen-bond donors (Lipinski definition) is 1. The SMILES string of the molecule is Cc1ccc(C(=O)C2CCN(C(=O)C3CC(F)(F)CN3)CC2)cc1.Cl. The molecule has 1 aromatic carbocycles. The first kappa shape index (κ1) is 19.8. The minimum absolute atomic E-state index is 0. The van der Waals surface area contributed by atoms with E-state index in [1.807, 2.05) is 31.2 Å². The van der Waals surface area contributed by atoms with Crippen molar-refractivity contribution in [3.8, 4) is 0 Å². The predicted octanol–water partition coefficient (Wildman–Crippen LogP) is 2.84. The van der Waals surface area contributed by atoms with E-state index in [1.165, 1.54) is 0 Å². The second-order valence-electron chi connectivity index (χ2n) is 6.82. The molecule has 1 atom stereocenters. The third-order valence-electron chi connectivity index (χ3n) is 4.92. The molecule has 2 aliphatic rings. The summed E-state index contributed by atoms with van der Waals surface area (Å²) < 4.78 is 26.5. The molecule has 25 heavy (non-hydrogen) atoms. The quantitative estimate of drug-likeness (QED) is 0.830. The number of aryl methyl sites for hydroxylation is 1. The first-order valence-corrected chi connectivity index (χ1v) is 8.37. The summed E-state index contributed by atoms with van der Waals surface area (Å²) in [5.41, 5.74) is 1.80. The monoisotopic (exact) mass is 372 g/mol. The van der Waals surface area contributed by atoms with E-state index >= 15 is 0 Å². The molecule has 1 aromatic rings. The van der Waals surface area contributed by atoms with Gasteiger partial charge in [0.25, 0.3) is 5.92 Å². The summed E-state index contributed by atoms with van der Waals surface area (Å²) in [6, 6.07) is 6.69. The molecule has 0 aliphatic carbocycles. The number of likely N-dealkylation sites (tertiary alicyclic amines) is 1. The number of piperidine rings is 1. The van der Waals surface area contributed by atoms with E-state index in [2.05, 4.69) is 5.32 Å². The minimum Gasteiger partial charge on any atom is -0.341 e. The first-order valence-electron chi connectivity index (χ1n) is 8.37. The summed E-state index contributed by atoms with van der Waals surface area (Å²) in [7, 11) is 0. The Kier molecular flexibility index (Phi) is 6.16. The highest BCUT2D eigenvalue weighted by Gasteiger charge is 2.44. The molecular weight excluding hydrogens is 350 g/mol. The van der Waals surface area contributed by atoms with Gasteiger partial charge in [-0.15, -0.1) is 12.4 Å². The summed E-state index contributed by atoms with van der Waals surface area (Å²) in [4.78, 5) is 26.4. The lowest BCUT2D eigenvalue weighted by atomic mass is 9.88. The Morgan fingerprint density at radius 1 is 1.16 bits per heavy atom. The van der Waals surface area contributed by atoms with Crippen molar-refractivity contribution in [3.63, 3.8) is 0 Å². The van der Waals surface area contributed by atoms with Crippen LogP contribution in [0.3, 0.4) is 0 Å². The van der Waals surface area contributed by atoms with Crippen molar-refractivity contribution >= 4 is 24.1 Å².